The monoisotopic (exact) mass is 202 g/mol. The molecule has 1 aromatic carbocycles. The molecule has 1 heterocycles. The standard InChI is InChI=1S/C12H14N2O/c1-9-4-2-3-5-10(9)6-7-12-11(13)8-14-15-12/h2-5,8H,6-7,13H2,1H3. The van der Waals surface area contributed by atoms with Gasteiger partial charge in [0.05, 0.1) is 11.9 Å². The minimum Gasteiger partial charge on any atom is -0.395 e. The molecular weight excluding hydrogens is 188 g/mol. The molecule has 0 aliphatic heterocycles. The van der Waals surface area contributed by atoms with E-state index in [1.54, 1.807) is 6.20 Å². The Morgan fingerprint density at radius 1 is 1.27 bits per heavy atom. The van der Waals surface area contributed by atoms with E-state index in [4.69, 9.17) is 10.3 Å². The molecule has 0 radical (unpaired) electrons. The average molecular weight is 202 g/mol. The van der Waals surface area contributed by atoms with Gasteiger partial charge in [0.1, 0.15) is 0 Å². The maximum Gasteiger partial charge on any atom is 0.159 e. The number of nitrogen functional groups attached to an aromatic ring is 1. The Morgan fingerprint density at radius 3 is 2.73 bits per heavy atom. The first-order chi connectivity index (χ1) is 7.27. The van der Waals surface area contributed by atoms with Crippen molar-refractivity contribution in [1.82, 2.24) is 5.16 Å². The quantitative estimate of drug-likeness (QED) is 0.831. The average Bonchev–Trinajstić information content (AvgIpc) is 2.63. The summed E-state index contributed by atoms with van der Waals surface area (Å²) in [5.41, 5.74) is 8.96. The SMILES string of the molecule is Cc1ccccc1CCc1oncc1N. The van der Waals surface area contributed by atoms with Crippen molar-refractivity contribution in [3.05, 3.63) is 47.3 Å². The molecule has 2 rings (SSSR count). The normalized spacial score (nSPS) is 10.5. The first-order valence-corrected chi connectivity index (χ1v) is 5.01. The van der Waals surface area contributed by atoms with Gasteiger partial charge in [-0.1, -0.05) is 29.4 Å². The van der Waals surface area contributed by atoms with Crippen molar-refractivity contribution < 1.29 is 4.52 Å². The summed E-state index contributed by atoms with van der Waals surface area (Å²) < 4.78 is 5.05. The van der Waals surface area contributed by atoms with Gasteiger partial charge in [0.2, 0.25) is 0 Å². The van der Waals surface area contributed by atoms with Gasteiger partial charge in [-0.15, -0.1) is 0 Å². The topological polar surface area (TPSA) is 52.0 Å². The van der Waals surface area contributed by atoms with Gasteiger partial charge in [-0.2, -0.15) is 0 Å². The summed E-state index contributed by atoms with van der Waals surface area (Å²) in [6.45, 7) is 2.11. The Labute approximate surface area is 88.9 Å². The lowest BCUT2D eigenvalue weighted by Gasteiger charge is -2.03. The van der Waals surface area contributed by atoms with Crippen molar-refractivity contribution in [2.75, 3.05) is 5.73 Å². The zero-order valence-electron chi connectivity index (χ0n) is 8.73. The van der Waals surface area contributed by atoms with E-state index >= 15 is 0 Å². The van der Waals surface area contributed by atoms with Gasteiger partial charge in [-0.25, -0.2) is 0 Å². The Morgan fingerprint density at radius 2 is 2.07 bits per heavy atom. The molecule has 3 heteroatoms. The highest BCUT2D eigenvalue weighted by molar-refractivity contribution is 5.38. The summed E-state index contributed by atoms with van der Waals surface area (Å²) in [6, 6.07) is 8.33. The fourth-order valence-electron chi connectivity index (χ4n) is 1.60. The molecule has 1 aromatic heterocycles. The molecule has 0 spiro atoms. The van der Waals surface area contributed by atoms with E-state index in [-0.39, 0.29) is 0 Å². The van der Waals surface area contributed by atoms with Crippen molar-refractivity contribution >= 4 is 5.69 Å². The molecule has 0 amide bonds. The van der Waals surface area contributed by atoms with E-state index in [1.807, 2.05) is 12.1 Å². The number of aromatic nitrogens is 1. The smallest absolute Gasteiger partial charge is 0.159 e. The summed E-state index contributed by atoms with van der Waals surface area (Å²) in [5, 5.41) is 3.66. The number of nitrogens with two attached hydrogens (primary N) is 1. The van der Waals surface area contributed by atoms with Crippen LogP contribution in [0.1, 0.15) is 16.9 Å². The van der Waals surface area contributed by atoms with Gasteiger partial charge in [-0.3, -0.25) is 0 Å². The number of rotatable bonds is 3. The molecule has 0 fully saturated rings. The predicted octanol–water partition coefficient (Wildman–Crippen LogP) is 2.35. The Hall–Kier alpha value is -1.77. The van der Waals surface area contributed by atoms with Gasteiger partial charge < -0.3 is 10.3 Å². The summed E-state index contributed by atoms with van der Waals surface area (Å²) in [5.74, 6) is 0.776. The lowest BCUT2D eigenvalue weighted by molar-refractivity contribution is 0.384. The lowest BCUT2D eigenvalue weighted by atomic mass is 10.0. The second kappa shape index (κ2) is 4.17. The third-order valence-electron chi connectivity index (χ3n) is 2.56. The molecule has 0 bridgehead atoms. The third-order valence-corrected chi connectivity index (χ3v) is 2.56. The zero-order valence-corrected chi connectivity index (χ0v) is 8.73. The second-order valence-corrected chi connectivity index (χ2v) is 3.63. The number of hydrogen-bond acceptors (Lipinski definition) is 3. The van der Waals surface area contributed by atoms with Crippen molar-refractivity contribution in [3.8, 4) is 0 Å². The Bertz CT molecular complexity index is 448. The zero-order chi connectivity index (χ0) is 10.7. The van der Waals surface area contributed by atoms with E-state index in [0.29, 0.717) is 5.69 Å². The van der Waals surface area contributed by atoms with Crippen LogP contribution in [0.25, 0.3) is 0 Å². The van der Waals surface area contributed by atoms with Crippen LogP contribution >= 0.6 is 0 Å². The number of aryl methyl sites for hydroxylation is 3. The van der Waals surface area contributed by atoms with Crippen LogP contribution < -0.4 is 5.73 Å². The molecule has 3 nitrogen and oxygen atoms in total. The highest BCUT2D eigenvalue weighted by Gasteiger charge is 2.05. The Kier molecular flexibility index (Phi) is 2.72. The molecule has 0 unspecified atom stereocenters. The summed E-state index contributed by atoms with van der Waals surface area (Å²) in [4.78, 5) is 0. The number of anilines is 1. The van der Waals surface area contributed by atoms with Crippen molar-refractivity contribution in [2.45, 2.75) is 19.8 Å². The fraction of sp³-hybridized carbons (Fsp3) is 0.250. The van der Waals surface area contributed by atoms with Crippen LogP contribution in [0.15, 0.2) is 35.0 Å². The van der Waals surface area contributed by atoms with Crippen LogP contribution in [0.5, 0.6) is 0 Å². The molecule has 0 aliphatic rings. The van der Waals surface area contributed by atoms with Crippen molar-refractivity contribution in [1.29, 1.82) is 0 Å². The Balaban J connectivity index is 2.06. The molecule has 78 valence electrons. The van der Waals surface area contributed by atoms with E-state index in [0.717, 1.165) is 18.6 Å². The molecule has 15 heavy (non-hydrogen) atoms. The molecule has 0 aliphatic carbocycles. The molecule has 0 atom stereocenters. The van der Waals surface area contributed by atoms with E-state index in [9.17, 15) is 0 Å². The summed E-state index contributed by atoms with van der Waals surface area (Å²) >= 11 is 0. The van der Waals surface area contributed by atoms with Crippen LogP contribution in [-0.2, 0) is 12.8 Å². The minimum atomic E-state index is 0.642. The maximum atomic E-state index is 5.69. The largest absolute Gasteiger partial charge is 0.395 e. The summed E-state index contributed by atoms with van der Waals surface area (Å²) in [7, 11) is 0. The fourth-order valence-corrected chi connectivity index (χ4v) is 1.60. The maximum absolute atomic E-state index is 5.69. The first-order valence-electron chi connectivity index (χ1n) is 5.01. The van der Waals surface area contributed by atoms with Crippen molar-refractivity contribution in [2.24, 2.45) is 0 Å². The van der Waals surface area contributed by atoms with Crippen LogP contribution in [0.3, 0.4) is 0 Å². The van der Waals surface area contributed by atoms with Gasteiger partial charge >= 0.3 is 0 Å². The second-order valence-electron chi connectivity index (χ2n) is 3.63. The molecule has 0 saturated carbocycles. The molecule has 0 saturated heterocycles. The van der Waals surface area contributed by atoms with Crippen LogP contribution in [0, 0.1) is 6.92 Å². The van der Waals surface area contributed by atoms with E-state index in [2.05, 4.69) is 24.2 Å². The minimum absolute atomic E-state index is 0.642. The highest BCUT2D eigenvalue weighted by Crippen LogP contribution is 2.15. The van der Waals surface area contributed by atoms with Gasteiger partial charge in [0.25, 0.3) is 0 Å². The van der Waals surface area contributed by atoms with Gasteiger partial charge in [-0.05, 0) is 24.5 Å². The molecule has 2 N–H and O–H groups in total. The highest BCUT2D eigenvalue weighted by atomic mass is 16.5. The molecular formula is C12H14N2O. The summed E-state index contributed by atoms with van der Waals surface area (Å²) in [6.07, 6.45) is 3.29. The number of hydrogen-bond donors (Lipinski definition) is 1. The van der Waals surface area contributed by atoms with Crippen LogP contribution in [0.4, 0.5) is 5.69 Å². The van der Waals surface area contributed by atoms with Gasteiger partial charge in [0, 0.05) is 6.42 Å². The van der Waals surface area contributed by atoms with Crippen LogP contribution in [0.2, 0.25) is 0 Å². The van der Waals surface area contributed by atoms with Crippen LogP contribution in [-0.4, -0.2) is 5.16 Å². The number of benzene rings is 1. The predicted molar refractivity (Wildman–Crippen MR) is 59.5 cm³/mol. The third kappa shape index (κ3) is 2.18. The van der Waals surface area contributed by atoms with Gasteiger partial charge in [0.15, 0.2) is 5.76 Å². The van der Waals surface area contributed by atoms with E-state index < -0.39 is 0 Å². The molecule has 2 aromatic rings. The first kappa shape index (κ1) is 9.77. The van der Waals surface area contributed by atoms with E-state index in [1.165, 1.54) is 11.1 Å². The lowest BCUT2D eigenvalue weighted by Crippen LogP contribution is -1.95. The van der Waals surface area contributed by atoms with Crippen molar-refractivity contribution in [3.63, 3.8) is 0 Å². The number of nitrogens with zero attached hydrogens (tertiary/aromatic N) is 1.